The molecular weight excluding hydrogens is 244 g/mol. The minimum Gasteiger partial charge on any atom is -0.352 e. The lowest BCUT2D eigenvalue weighted by Gasteiger charge is -2.08. The van der Waals surface area contributed by atoms with Gasteiger partial charge in [-0.25, -0.2) is 4.98 Å². The molecule has 0 aliphatic carbocycles. The average molecular weight is 260 g/mol. The third-order valence-electron chi connectivity index (χ3n) is 2.76. The van der Waals surface area contributed by atoms with Gasteiger partial charge in [0, 0.05) is 18.5 Å². The Labute approximate surface area is 110 Å². The molecule has 0 aliphatic heterocycles. The fourth-order valence-corrected chi connectivity index (χ4v) is 1.71. The molecule has 0 bridgehead atoms. The normalized spacial score (nSPS) is 10.2. The van der Waals surface area contributed by atoms with Gasteiger partial charge in [0.25, 0.3) is 5.91 Å². The highest BCUT2D eigenvalue weighted by atomic mass is 16.1. The Morgan fingerprint density at radius 1 is 1.47 bits per heavy atom. The van der Waals surface area contributed by atoms with Crippen molar-refractivity contribution in [1.82, 2.24) is 20.5 Å². The van der Waals surface area contributed by atoms with Crippen LogP contribution in [0, 0.1) is 6.92 Å². The number of aryl methyl sites for hydroxylation is 1. The van der Waals surface area contributed by atoms with E-state index in [0.717, 1.165) is 17.1 Å². The van der Waals surface area contributed by atoms with Crippen LogP contribution in [0.4, 0.5) is 5.69 Å². The van der Waals surface area contributed by atoms with Crippen molar-refractivity contribution in [2.24, 2.45) is 5.84 Å². The van der Waals surface area contributed by atoms with Crippen molar-refractivity contribution in [3.63, 3.8) is 0 Å². The van der Waals surface area contributed by atoms with Gasteiger partial charge >= 0.3 is 0 Å². The van der Waals surface area contributed by atoms with E-state index in [-0.39, 0.29) is 5.91 Å². The summed E-state index contributed by atoms with van der Waals surface area (Å²) in [7, 11) is 0. The Hall–Kier alpha value is -2.41. The standard InChI is InChI=1S/C12H16N6O/c1-8-6-9(2-3-10(8)17-13)12(19)14-5-4-11-15-7-16-18-11/h2-3,6-7,17H,4-5,13H2,1H3,(H,14,19)(H,15,16,18). The van der Waals surface area contributed by atoms with E-state index in [4.69, 9.17) is 5.84 Å². The van der Waals surface area contributed by atoms with Crippen LogP contribution in [-0.2, 0) is 6.42 Å². The van der Waals surface area contributed by atoms with E-state index in [0.29, 0.717) is 18.5 Å². The van der Waals surface area contributed by atoms with Gasteiger partial charge in [-0.15, -0.1) is 0 Å². The van der Waals surface area contributed by atoms with E-state index in [1.54, 1.807) is 18.2 Å². The summed E-state index contributed by atoms with van der Waals surface area (Å²) in [4.78, 5) is 15.9. The number of rotatable bonds is 5. The number of aromatic amines is 1. The Balaban J connectivity index is 1.91. The molecule has 0 saturated carbocycles. The third-order valence-corrected chi connectivity index (χ3v) is 2.76. The maximum absolute atomic E-state index is 11.9. The molecule has 0 radical (unpaired) electrons. The number of carbonyl (C=O) groups is 1. The number of benzene rings is 1. The molecule has 0 unspecified atom stereocenters. The number of amides is 1. The first-order chi connectivity index (χ1) is 9.20. The van der Waals surface area contributed by atoms with Gasteiger partial charge in [0.05, 0.1) is 5.69 Å². The van der Waals surface area contributed by atoms with Gasteiger partial charge in [-0.3, -0.25) is 15.7 Å². The van der Waals surface area contributed by atoms with Gasteiger partial charge in [0.15, 0.2) is 0 Å². The van der Waals surface area contributed by atoms with Crippen LogP contribution < -0.4 is 16.6 Å². The lowest BCUT2D eigenvalue weighted by Crippen LogP contribution is -2.26. The predicted octanol–water partition coefficient (Wildman–Crippen LogP) is 0.371. The molecule has 7 heteroatoms. The SMILES string of the molecule is Cc1cc(C(=O)NCCc2ncn[nH]2)ccc1NN. The summed E-state index contributed by atoms with van der Waals surface area (Å²) in [5, 5.41) is 9.31. The van der Waals surface area contributed by atoms with E-state index < -0.39 is 0 Å². The van der Waals surface area contributed by atoms with Gasteiger partial charge in [-0.1, -0.05) is 0 Å². The fourth-order valence-electron chi connectivity index (χ4n) is 1.71. The number of hydrogen-bond acceptors (Lipinski definition) is 5. The molecule has 2 aromatic rings. The number of nitrogens with zero attached hydrogens (tertiary/aromatic N) is 2. The smallest absolute Gasteiger partial charge is 0.251 e. The molecule has 0 spiro atoms. The first kappa shape index (κ1) is 13.0. The van der Waals surface area contributed by atoms with Crippen molar-refractivity contribution in [3.8, 4) is 0 Å². The molecule has 1 amide bonds. The van der Waals surface area contributed by atoms with E-state index in [1.165, 1.54) is 6.33 Å². The first-order valence-electron chi connectivity index (χ1n) is 5.90. The summed E-state index contributed by atoms with van der Waals surface area (Å²) in [6.45, 7) is 2.39. The minimum absolute atomic E-state index is 0.119. The molecule has 7 nitrogen and oxygen atoms in total. The number of nitrogens with two attached hydrogens (primary N) is 1. The van der Waals surface area contributed by atoms with Crippen LogP contribution in [0.3, 0.4) is 0 Å². The van der Waals surface area contributed by atoms with Crippen molar-refractivity contribution < 1.29 is 4.79 Å². The number of aromatic nitrogens is 3. The quantitative estimate of drug-likeness (QED) is 0.459. The summed E-state index contributed by atoms with van der Waals surface area (Å²) in [5.74, 6) is 5.97. The summed E-state index contributed by atoms with van der Waals surface area (Å²) >= 11 is 0. The highest BCUT2D eigenvalue weighted by Crippen LogP contribution is 2.14. The van der Waals surface area contributed by atoms with Crippen LogP contribution in [0.2, 0.25) is 0 Å². The lowest BCUT2D eigenvalue weighted by molar-refractivity contribution is 0.0954. The van der Waals surface area contributed by atoms with E-state index in [2.05, 4.69) is 25.9 Å². The number of H-pyrrole nitrogens is 1. The van der Waals surface area contributed by atoms with Crippen molar-refractivity contribution in [1.29, 1.82) is 0 Å². The topological polar surface area (TPSA) is 109 Å². The zero-order chi connectivity index (χ0) is 13.7. The van der Waals surface area contributed by atoms with Crippen molar-refractivity contribution in [3.05, 3.63) is 41.5 Å². The van der Waals surface area contributed by atoms with Crippen LogP contribution in [0.15, 0.2) is 24.5 Å². The zero-order valence-electron chi connectivity index (χ0n) is 10.6. The number of hydrazine groups is 1. The molecule has 0 atom stereocenters. The molecule has 2 rings (SSSR count). The Kier molecular flexibility index (Phi) is 4.09. The van der Waals surface area contributed by atoms with Crippen molar-refractivity contribution in [2.75, 3.05) is 12.0 Å². The second-order valence-corrected chi connectivity index (χ2v) is 4.11. The maximum Gasteiger partial charge on any atom is 0.251 e. The summed E-state index contributed by atoms with van der Waals surface area (Å²) in [6, 6.07) is 5.30. The number of nitrogens with one attached hydrogen (secondary N) is 3. The highest BCUT2D eigenvalue weighted by molar-refractivity contribution is 5.94. The van der Waals surface area contributed by atoms with Crippen molar-refractivity contribution in [2.45, 2.75) is 13.3 Å². The highest BCUT2D eigenvalue weighted by Gasteiger charge is 2.07. The van der Waals surface area contributed by atoms with Crippen LogP contribution >= 0.6 is 0 Å². The van der Waals surface area contributed by atoms with Gasteiger partial charge < -0.3 is 10.7 Å². The number of nitrogen functional groups attached to an aromatic ring is 1. The van der Waals surface area contributed by atoms with E-state index in [1.807, 2.05) is 6.92 Å². The summed E-state index contributed by atoms with van der Waals surface area (Å²) in [5.41, 5.74) is 4.90. The van der Waals surface area contributed by atoms with Crippen molar-refractivity contribution >= 4 is 11.6 Å². The summed E-state index contributed by atoms with van der Waals surface area (Å²) in [6.07, 6.45) is 2.06. The minimum atomic E-state index is -0.119. The molecule has 0 aliphatic rings. The third kappa shape index (κ3) is 3.29. The molecule has 19 heavy (non-hydrogen) atoms. The molecule has 0 fully saturated rings. The van der Waals surface area contributed by atoms with Gasteiger partial charge in [0.2, 0.25) is 0 Å². The second-order valence-electron chi connectivity index (χ2n) is 4.11. The Morgan fingerprint density at radius 2 is 2.32 bits per heavy atom. The number of hydrogen-bond donors (Lipinski definition) is 4. The Morgan fingerprint density at radius 3 is 2.95 bits per heavy atom. The molecule has 100 valence electrons. The molecule has 1 aromatic carbocycles. The maximum atomic E-state index is 11.9. The van der Waals surface area contributed by atoms with Gasteiger partial charge in [-0.2, -0.15) is 5.10 Å². The number of anilines is 1. The first-order valence-corrected chi connectivity index (χ1v) is 5.90. The zero-order valence-corrected chi connectivity index (χ0v) is 10.6. The molecule has 1 aromatic heterocycles. The van der Waals surface area contributed by atoms with Gasteiger partial charge in [-0.05, 0) is 30.7 Å². The fraction of sp³-hybridized carbons (Fsp3) is 0.250. The lowest BCUT2D eigenvalue weighted by atomic mass is 10.1. The molecule has 1 heterocycles. The predicted molar refractivity (Wildman–Crippen MR) is 71.4 cm³/mol. The summed E-state index contributed by atoms with van der Waals surface area (Å²) < 4.78 is 0. The second kappa shape index (κ2) is 5.96. The monoisotopic (exact) mass is 260 g/mol. The average Bonchev–Trinajstić information content (AvgIpc) is 2.91. The van der Waals surface area contributed by atoms with E-state index in [9.17, 15) is 4.79 Å². The van der Waals surface area contributed by atoms with Crippen LogP contribution in [0.1, 0.15) is 21.7 Å². The van der Waals surface area contributed by atoms with Crippen LogP contribution in [0.5, 0.6) is 0 Å². The molecular formula is C12H16N6O. The van der Waals surface area contributed by atoms with E-state index >= 15 is 0 Å². The molecule has 0 saturated heterocycles. The molecule has 5 N–H and O–H groups in total. The Bertz CT molecular complexity index is 551. The van der Waals surface area contributed by atoms with Gasteiger partial charge in [0.1, 0.15) is 12.2 Å². The number of carbonyl (C=O) groups excluding carboxylic acids is 1. The van der Waals surface area contributed by atoms with Crippen LogP contribution in [-0.4, -0.2) is 27.6 Å². The largest absolute Gasteiger partial charge is 0.352 e. The van der Waals surface area contributed by atoms with Crippen LogP contribution in [0.25, 0.3) is 0 Å².